The molecule has 1 aromatic carbocycles. The van der Waals surface area contributed by atoms with Crippen LogP contribution in [0.4, 0.5) is 0 Å². The zero-order valence-corrected chi connectivity index (χ0v) is 16.3. The number of hydrogen-bond acceptors (Lipinski definition) is 6. The molecule has 7 heteroatoms. The fourth-order valence-corrected chi connectivity index (χ4v) is 4.16. The zero-order chi connectivity index (χ0) is 18.9. The SMILES string of the molecule is CCc1oc(C)cc1C(OS(=O)(=O)c1ccc(C)cc1)C1C=NCN1C. The Morgan fingerprint density at radius 1 is 1.31 bits per heavy atom. The summed E-state index contributed by atoms with van der Waals surface area (Å²) in [6.45, 7) is 6.24. The number of aliphatic imine (C=N–C) groups is 1. The average molecular weight is 376 g/mol. The molecule has 3 rings (SSSR count). The van der Waals surface area contributed by atoms with Crippen molar-refractivity contribution in [2.24, 2.45) is 4.99 Å². The van der Waals surface area contributed by atoms with Crippen molar-refractivity contribution in [1.82, 2.24) is 4.90 Å². The summed E-state index contributed by atoms with van der Waals surface area (Å²) in [7, 11) is -2.04. The minimum Gasteiger partial charge on any atom is -0.466 e. The second-order valence-corrected chi connectivity index (χ2v) is 8.17. The lowest BCUT2D eigenvalue weighted by Gasteiger charge is -2.27. The van der Waals surface area contributed by atoms with Crippen molar-refractivity contribution in [2.45, 2.75) is 44.2 Å². The molecule has 0 spiro atoms. The molecule has 0 fully saturated rings. The molecule has 0 aliphatic carbocycles. The van der Waals surface area contributed by atoms with Crippen LogP contribution in [-0.2, 0) is 20.7 Å². The van der Waals surface area contributed by atoms with Gasteiger partial charge in [0.1, 0.15) is 17.6 Å². The molecule has 6 nitrogen and oxygen atoms in total. The largest absolute Gasteiger partial charge is 0.466 e. The molecule has 0 radical (unpaired) electrons. The average Bonchev–Trinajstić information content (AvgIpc) is 3.18. The van der Waals surface area contributed by atoms with Crippen molar-refractivity contribution in [3.05, 3.63) is 53.0 Å². The van der Waals surface area contributed by atoms with Gasteiger partial charge in [-0.2, -0.15) is 8.42 Å². The van der Waals surface area contributed by atoms with Gasteiger partial charge in [-0.1, -0.05) is 24.6 Å². The summed E-state index contributed by atoms with van der Waals surface area (Å²) >= 11 is 0. The molecule has 2 atom stereocenters. The van der Waals surface area contributed by atoms with Crippen LogP contribution in [0.1, 0.15) is 35.7 Å². The number of aryl methyl sites for hydroxylation is 3. The molecule has 0 bridgehead atoms. The van der Waals surface area contributed by atoms with E-state index in [2.05, 4.69) is 4.99 Å². The predicted octanol–water partition coefficient (Wildman–Crippen LogP) is 3.25. The summed E-state index contributed by atoms with van der Waals surface area (Å²) in [5.41, 5.74) is 1.74. The van der Waals surface area contributed by atoms with Gasteiger partial charge in [0.2, 0.25) is 0 Å². The molecule has 2 heterocycles. The summed E-state index contributed by atoms with van der Waals surface area (Å²) in [5.74, 6) is 1.47. The maximum Gasteiger partial charge on any atom is 0.297 e. The monoisotopic (exact) mass is 376 g/mol. The summed E-state index contributed by atoms with van der Waals surface area (Å²) in [6, 6.07) is 8.22. The Balaban J connectivity index is 2.01. The van der Waals surface area contributed by atoms with Crippen LogP contribution in [0.25, 0.3) is 0 Å². The number of benzene rings is 1. The van der Waals surface area contributed by atoms with Gasteiger partial charge in [0.15, 0.2) is 0 Å². The van der Waals surface area contributed by atoms with Crippen molar-refractivity contribution < 1.29 is 17.0 Å². The number of likely N-dealkylation sites (N-methyl/N-ethyl adjacent to an activating group) is 1. The third-order valence-corrected chi connectivity index (χ3v) is 5.82. The molecule has 0 amide bonds. The van der Waals surface area contributed by atoms with Crippen LogP contribution >= 0.6 is 0 Å². The van der Waals surface area contributed by atoms with E-state index in [0.29, 0.717) is 13.1 Å². The first-order valence-corrected chi connectivity index (χ1v) is 10.0. The topological polar surface area (TPSA) is 72.1 Å². The van der Waals surface area contributed by atoms with E-state index in [9.17, 15) is 8.42 Å². The lowest BCUT2D eigenvalue weighted by molar-refractivity contribution is 0.136. The van der Waals surface area contributed by atoms with Crippen LogP contribution in [0.5, 0.6) is 0 Å². The second kappa shape index (κ2) is 7.34. The summed E-state index contributed by atoms with van der Waals surface area (Å²) in [5, 5.41) is 0. The molecule has 140 valence electrons. The summed E-state index contributed by atoms with van der Waals surface area (Å²) in [6.07, 6.45) is 1.68. The minimum atomic E-state index is -3.93. The van der Waals surface area contributed by atoms with E-state index in [1.165, 1.54) is 0 Å². The maximum absolute atomic E-state index is 12.9. The third-order valence-electron chi connectivity index (χ3n) is 4.51. The number of nitrogens with zero attached hydrogens (tertiary/aromatic N) is 2. The predicted molar refractivity (Wildman–Crippen MR) is 99.9 cm³/mol. The lowest BCUT2D eigenvalue weighted by Crippen LogP contribution is -2.36. The molecular formula is C19H24N2O4S. The van der Waals surface area contributed by atoms with E-state index >= 15 is 0 Å². The molecular weight excluding hydrogens is 352 g/mol. The molecule has 2 aromatic rings. The van der Waals surface area contributed by atoms with Gasteiger partial charge in [0.05, 0.1) is 17.6 Å². The van der Waals surface area contributed by atoms with Crippen LogP contribution in [0.2, 0.25) is 0 Å². The van der Waals surface area contributed by atoms with Crippen LogP contribution in [0.15, 0.2) is 44.6 Å². The summed E-state index contributed by atoms with van der Waals surface area (Å²) < 4.78 is 37.2. The van der Waals surface area contributed by atoms with E-state index in [-0.39, 0.29) is 10.9 Å². The van der Waals surface area contributed by atoms with Crippen LogP contribution in [-0.4, -0.2) is 39.3 Å². The fourth-order valence-electron chi connectivity index (χ4n) is 3.09. The van der Waals surface area contributed by atoms with Gasteiger partial charge in [-0.25, -0.2) is 0 Å². The van der Waals surface area contributed by atoms with Gasteiger partial charge in [0.25, 0.3) is 10.1 Å². The second-order valence-electron chi connectivity index (χ2n) is 6.59. The minimum absolute atomic E-state index is 0.143. The van der Waals surface area contributed by atoms with E-state index in [0.717, 1.165) is 22.6 Å². The van der Waals surface area contributed by atoms with Gasteiger partial charge in [-0.15, -0.1) is 0 Å². The standard InChI is InChI=1S/C19H24N2O4S/c1-5-18-16(10-14(3)24-18)19(17-11-20-12-21(17)4)25-26(22,23)15-8-6-13(2)7-9-15/h6-11,17,19H,5,12H2,1-4H3. The van der Waals surface area contributed by atoms with Crippen molar-refractivity contribution in [3.8, 4) is 0 Å². The highest BCUT2D eigenvalue weighted by molar-refractivity contribution is 7.86. The third kappa shape index (κ3) is 3.75. The first-order chi connectivity index (χ1) is 12.3. The smallest absolute Gasteiger partial charge is 0.297 e. The van der Waals surface area contributed by atoms with E-state index in [1.807, 2.05) is 38.8 Å². The number of rotatable bonds is 6. The van der Waals surface area contributed by atoms with Crippen molar-refractivity contribution >= 4 is 16.3 Å². The van der Waals surface area contributed by atoms with Gasteiger partial charge >= 0.3 is 0 Å². The highest BCUT2D eigenvalue weighted by atomic mass is 32.2. The Morgan fingerprint density at radius 3 is 2.58 bits per heavy atom. The molecule has 1 aliphatic rings. The van der Waals surface area contributed by atoms with Crippen LogP contribution in [0, 0.1) is 13.8 Å². The fraction of sp³-hybridized carbons (Fsp3) is 0.421. The van der Waals surface area contributed by atoms with Gasteiger partial charge in [0, 0.05) is 18.2 Å². The quantitative estimate of drug-likeness (QED) is 0.724. The van der Waals surface area contributed by atoms with Crippen molar-refractivity contribution in [2.75, 3.05) is 13.7 Å². The summed E-state index contributed by atoms with van der Waals surface area (Å²) in [4.78, 5) is 6.36. The van der Waals surface area contributed by atoms with E-state index in [4.69, 9.17) is 8.60 Å². The Hall–Kier alpha value is -1.96. The highest BCUT2D eigenvalue weighted by Gasteiger charge is 2.36. The van der Waals surface area contributed by atoms with Crippen molar-refractivity contribution in [3.63, 3.8) is 0 Å². The Kier molecular flexibility index (Phi) is 5.32. The molecule has 0 saturated carbocycles. The molecule has 0 N–H and O–H groups in total. The first-order valence-electron chi connectivity index (χ1n) is 8.61. The number of hydrogen-bond donors (Lipinski definition) is 0. The molecule has 0 saturated heterocycles. The lowest BCUT2D eigenvalue weighted by atomic mass is 10.0. The van der Waals surface area contributed by atoms with Gasteiger partial charge < -0.3 is 4.42 Å². The van der Waals surface area contributed by atoms with Gasteiger partial charge in [-0.3, -0.25) is 14.1 Å². The molecule has 1 aromatic heterocycles. The molecule has 2 unspecified atom stereocenters. The van der Waals surface area contributed by atoms with Crippen molar-refractivity contribution in [1.29, 1.82) is 0 Å². The van der Waals surface area contributed by atoms with E-state index < -0.39 is 16.2 Å². The zero-order valence-electron chi connectivity index (χ0n) is 15.5. The molecule has 1 aliphatic heterocycles. The van der Waals surface area contributed by atoms with Crippen LogP contribution in [0.3, 0.4) is 0 Å². The Labute approximate surface area is 154 Å². The number of furan rings is 1. The first kappa shape index (κ1) is 18.8. The van der Waals surface area contributed by atoms with E-state index in [1.54, 1.807) is 30.5 Å². The van der Waals surface area contributed by atoms with Gasteiger partial charge in [-0.05, 0) is 39.1 Å². The normalized spacial score (nSPS) is 19.2. The molecule has 26 heavy (non-hydrogen) atoms. The Bertz CT molecular complexity index is 900. The van der Waals surface area contributed by atoms with Crippen LogP contribution < -0.4 is 0 Å². The Morgan fingerprint density at radius 2 is 2.00 bits per heavy atom. The maximum atomic E-state index is 12.9. The highest BCUT2D eigenvalue weighted by Crippen LogP contribution is 2.34.